The van der Waals surface area contributed by atoms with E-state index in [1.165, 1.54) is 12.1 Å². The van der Waals surface area contributed by atoms with E-state index in [-0.39, 0.29) is 5.56 Å². The Labute approximate surface area is 104 Å². The molecule has 1 aromatic carbocycles. The first kappa shape index (κ1) is 12.6. The highest BCUT2D eigenvalue weighted by Gasteiger charge is 2.15. The van der Waals surface area contributed by atoms with E-state index < -0.39 is 17.7 Å². The molecule has 2 aromatic rings. The van der Waals surface area contributed by atoms with Gasteiger partial charge in [-0.05, 0) is 37.6 Å². The van der Waals surface area contributed by atoms with Crippen molar-refractivity contribution in [3.63, 3.8) is 0 Å². The SMILES string of the molecule is Cc1cc(C(N)c2ccc(F)cc2F)cc(C)n1. The fourth-order valence-corrected chi connectivity index (χ4v) is 1.98. The van der Waals surface area contributed by atoms with Crippen LogP contribution in [0.2, 0.25) is 0 Å². The van der Waals surface area contributed by atoms with Crippen molar-refractivity contribution < 1.29 is 8.78 Å². The summed E-state index contributed by atoms with van der Waals surface area (Å²) in [7, 11) is 0. The standard InChI is InChI=1S/C14H14F2N2/c1-8-5-10(6-9(2)18-8)14(17)12-4-3-11(15)7-13(12)16/h3-7,14H,17H2,1-2H3. The maximum absolute atomic E-state index is 13.7. The van der Waals surface area contributed by atoms with Crippen LogP contribution in [0, 0.1) is 25.5 Å². The van der Waals surface area contributed by atoms with Crippen molar-refractivity contribution in [2.45, 2.75) is 19.9 Å². The number of halogens is 2. The number of benzene rings is 1. The molecular weight excluding hydrogens is 234 g/mol. The first-order chi connectivity index (χ1) is 8.47. The lowest BCUT2D eigenvalue weighted by Crippen LogP contribution is -2.14. The van der Waals surface area contributed by atoms with E-state index in [1.54, 1.807) is 12.1 Å². The van der Waals surface area contributed by atoms with Gasteiger partial charge in [0.15, 0.2) is 0 Å². The van der Waals surface area contributed by atoms with Gasteiger partial charge in [0.25, 0.3) is 0 Å². The van der Waals surface area contributed by atoms with Crippen molar-refractivity contribution in [3.8, 4) is 0 Å². The molecule has 4 heteroatoms. The lowest BCUT2D eigenvalue weighted by atomic mass is 9.98. The van der Waals surface area contributed by atoms with E-state index in [4.69, 9.17) is 5.73 Å². The zero-order valence-electron chi connectivity index (χ0n) is 10.2. The minimum absolute atomic E-state index is 0.279. The van der Waals surface area contributed by atoms with Gasteiger partial charge >= 0.3 is 0 Å². The zero-order chi connectivity index (χ0) is 13.3. The molecule has 2 rings (SSSR count). The predicted octanol–water partition coefficient (Wildman–Crippen LogP) is 3.02. The van der Waals surface area contributed by atoms with Crippen LogP contribution in [0.1, 0.15) is 28.6 Å². The number of aromatic nitrogens is 1. The van der Waals surface area contributed by atoms with Gasteiger partial charge in [-0.25, -0.2) is 8.78 Å². The summed E-state index contributed by atoms with van der Waals surface area (Å²) in [5.74, 6) is -1.24. The summed E-state index contributed by atoms with van der Waals surface area (Å²) >= 11 is 0. The summed E-state index contributed by atoms with van der Waals surface area (Å²) in [4.78, 5) is 4.24. The molecule has 94 valence electrons. The molecule has 0 aliphatic carbocycles. The smallest absolute Gasteiger partial charge is 0.131 e. The highest BCUT2D eigenvalue weighted by Crippen LogP contribution is 2.23. The number of pyridine rings is 1. The van der Waals surface area contributed by atoms with Gasteiger partial charge in [0.05, 0.1) is 6.04 Å². The monoisotopic (exact) mass is 248 g/mol. The lowest BCUT2D eigenvalue weighted by Gasteiger charge is -2.14. The largest absolute Gasteiger partial charge is 0.320 e. The summed E-state index contributed by atoms with van der Waals surface area (Å²) in [6, 6.07) is 6.42. The third-order valence-corrected chi connectivity index (χ3v) is 2.76. The molecule has 0 bridgehead atoms. The molecule has 2 N–H and O–H groups in total. The minimum Gasteiger partial charge on any atom is -0.320 e. The highest BCUT2D eigenvalue weighted by molar-refractivity contribution is 5.34. The average Bonchev–Trinajstić information content (AvgIpc) is 2.26. The Morgan fingerprint density at radius 3 is 2.22 bits per heavy atom. The van der Waals surface area contributed by atoms with E-state index in [0.29, 0.717) is 0 Å². The molecule has 0 saturated heterocycles. The Morgan fingerprint density at radius 1 is 1.06 bits per heavy atom. The van der Waals surface area contributed by atoms with Gasteiger partial charge in [-0.15, -0.1) is 0 Å². The van der Waals surface area contributed by atoms with Crippen LogP contribution in [0.3, 0.4) is 0 Å². The Bertz CT molecular complexity index is 562. The van der Waals surface area contributed by atoms with Gasteiger partial charge in [0.2, 0.25) is 0 Å². The second kappa shape index (κ2) is 4.82. The van der Waals surface area contributed by atoms with Crippen LogP contribution < -0.4 is 5.73 Å². The van der Waals surface area contributed by atoms with Crippen LogP contribution in [-0.2, 0) is 0 Å². The van der Waals surface area contributed by atoms with Gasteiger partial charge in [-0.3, -0.25) is 4.98 Å². The number of nitrogens with two attached hydrogens (primary N) is 1. The topological polar surface area (TPSA) is 38.9 Å². The molecule has 18 heavy (non-hydrogen) atoms. The minimum atomic E-state index is -0.630. The Morgan fingerprint density at radius 2 is 1.67 bits per heavy atom. The van der Waals surface area contributed by atoms with E-state index in [2.05, 4.69) is 4.98 Å². The molecule has 0 aliphatic rings. The maximum atomic E-state index is 13.7. The molecule has 1 unspecified atom stereocenters. The Kier molecular flexibility index (Phi) is 3.39. The predicted molar refractivity (Wildman–Crippen MR) is 66.1 cm³/mol. The van der Waals surface area contributed by atoms with E-state index in [1.807, 2.05) is 13.8 Å². The van der Waals surface area contributed by atoms with Gasteiger partial charge in [-0.1, -0.05) is 6.07 Å². The van der Waals surface area contributed by atoms with Gasteiger partial charge in [0.1, 0.15) is 11.6 Å². The summed E-state index contributed by atoms with van der Waals surface area (Å²) < 4.78 is 26.5. The quantitative estimate of drug-likeness (QED) is 0.887. The number of aryl methyl sites for hydroxylation is 2. The molecule has 0 fully saturated rings. The van der Waals surface area contributed by atoms with Crippen molar-refractivity contribution in [1.82, 2.24) is 4.98 Å². The maximum Gasteiger partial charge on any atom is 0.131 e. The highest BCUT2D eigenvalue weighted by atomic mass is 19.1. The van der Waals surface area contributed by atoms with E-state index in [9.17, 15) is 8.78 Å². The van der Waals surface area contributed by atoms with Crippen LogP contribution in [0.5, 0.6) is 0 Å². The molecule has 0 aliphatic heterocycles. The van der Waals surface area contributed by atoms with Crippen molar-refractivity contribution in [2.75, 3.05) is 0 Å². The van der Waals surface area contributed by atoms with Crippen molar-refractivity contribution in [1.29, 1.82) is 0 Å². The van der Waals surface area contributed by atoms with Crippen molar-refractivity contribution in [2.24, 2.45) is 5.73 Å². The molecule has 0 amide bonds. The average molecular weight is 248 g/mol. The summed E-state index contributed by atoms with van der Waals surface area (Å²) in [5.41, 5.74) is 8.71. The number of nitrogens with zero attached hydrogens (tertiary/aromatic N) is 1. The van der Waals surface area contributed by atoms with Crippen LogP contribution in [0.4, 0.5) is 8.78 Å². The number of hydrogen-bond acceptors (Lipinski definition) is 2. The third kappa shape index (κ3) is 2.54. The van der Waals surface area contributed by atoms with Crippen molar-refractivity contribution in [3.05, 3.63) is 64.5 Å². The summed E-state index contributed by atoms with van der Waals surface area (Å²) in [5, 5.41) is 0. The Balaban J connectivity index is 2.44. The molecule has 1 atom stereocenters. The van der Waals surface area contributed by atoms with Crippen molar-refractivity contribution >= 4 is 0 Å². The van der Waals surface area contributed by atoms with Crippen LogP contribution in [0.25, 0.3) is 0 Å². The normalized spacial score (nSPS) is 12.5. The van der Waals surface area contributed by atoms with Gasteiger partial charge < -0.3 is 5.73 Å². The molecule has 2 nitrogen and oxygen atoms in total. The van der Waals surface area contributed by atoms with Gasteiger partial charge in [0, 0.05) is 23.0 Å². The van der Waals surface area contributed by atoms with Gasteiger partial charge in [-0.2, -0.15) is 0 Å². The molecule has 1 heterocycles. The third-order valence-electron chi connectivity index (χ3n) is 2.76. The van der Waals surface area contributed by atoms with E-state index >= 15 is 0 Å². The zero-order valence-corrected chi connectivity index (χ0v) is 10.2. The Hall–Kier alpha value is -1.81. The second-order valence-electron chi connectivity index (χ2n) is 4.33. The molecule has 1 aromatic heterocycles. The van der Waals surface area contributed by atoms with Crippen LogP contribution in [0.15, 0.2) is 30.3 Å². The number of hydrogen-bond donors (Lipinski definition) is 1. The first-order valence-corrected chi connectivity index (χ1v) is 5.63. The van der Waals surface area contributed by atoms with E-state index in [0.717, 1.165) is 23.0 Å². The molecule has 0 saturated carbocycles. The summed E-state index contributed by atoms with van der Waals surface area (Å²) in [6.07, 6.45) is 0. The summed E-state index contributed by atoms with van der Waals surface area (Å²) in [6.45, 7) is 3.70. The van der Waals surface area contributed by atoms with Crippen LogP contribution >= 0.6 is 0 Å². The number of rotatable bonds is 2. The molecular formula is C14H14F2N2. The second-order valence-corrected chi connectivity index (χ2v) is 4.33. The fourth-order valence-electron chi connectivity index (χ4n) is 1.98. The fraction of sp³-hybridized carbons (Fsp3) is 0.214. The molecule has 0 radical (unpaired) electrons. The van der Waals surface area contributed by atoms with Crippen LogP contribution in [-0.4, -0.2) is 4.98 Å². The molecule has 0 spiro atoms. The first-order valence-electron chi connectivity index (χ1n) is 5.63. The lowest BCUT2D eigenvalue weighted by molar-refractivity contribution is 0.565.